The molecule has 0 spiro atoms. The molecule has 6 heteroatoms. The highest BCUT2D eigenvalue weighted by atomic mass is 19.1. The molecule has 0 aromatic heterocycles. The van der Waals surface area contributed by atoms with Crippen molar-refractivity contribution in [2.45, 2.75) is 20.0 Å². The van der Waals surface area contributed by atoms with Gasteiger partial charge in [-0.1, -0.05) is 24.3 Å². The van der Waals surface area contributed by atoms with Crippen molar-refractivity contribution in [1.82, 2.24) is 4.90 Å². The summed E-state index contributed by atoms with van der Waals surface area (Å²) in [5.74, 6) is 1.27. The zero-order chi connectivity index (χ0) is 23.1. The lowest BCUT2D eigenvalue weighted by Crippen LogP contribution is -2.31. The summed E-state index contributed by atoms with van der Waals surface area (Å²) >= 11 is 0. The van der Waals surface area contributed by atoms with Crippen molar-refractivity contribution in [2.75, 3.05) is 25.7 Å². The third-order valence-corrected chi connectivity index (χ3v) is 6.01. The summed E-state index contributed by atoms with van der Waals surface area (Å²) in [7, 11) is 3.97. The molecule has 3 aromatic rings. The second-order valence-electron chi connectivity index (χ2n) is 8.69. The molecular weight excluding hydrogens is 419 g/mol. The predicted octanol–water partition coefficient (Wildman–Crippen LogP) is 5.17. The van der Waals surface area contributed by atoms with Gasteiger partial charge in [0.25, 0.3) is 0 Å². The molecule has 2 aliphatic heterocycles. The van der Waals surface area contributed by atoms with Gasteiger partial charge in [-0.05, 0) is 60.0 Å². The Hall–Kier alpha value is -3.64. The van der Waals surface area contributed by atoms with Crippen LogP contribution in [0.25, 0.3) is 6.08 Å². The second kappa shape index (κ2) is 8.37. The normalized spacial score (nSPS) is 16.2. The molecular formula is C27H25FN2O3. The van der Waals surface area contributed by atoms with Crippen LogP contribution in [0.2, 0.25) is 0 Å². The monoisotopic (exact) mass is 444 g/mol. The number of hydrogen-bond donors (Lipinski definition) is 0. The number of halogens is 1. The third kappa shape index (κ3) is 4.10. The number of ether oxygens (including phenoxy) is 2. The number of Topliss-reactive ketones (excluding diaryl/α,β-unsaturated/α-hetero) is 1. The number of ketones is 1. The van der Waals surface area contributed by atoms with Gasteiger partial charge in [0.15, 0.2) is 5.76 Å². The Labute approximate surface area is 192 Å². The maximum atomic E-state index is 13.2. The standard InChI is InChI=1S/C27H25FN2O3/c1-17-12-23-22(15-30(16-32-23)14-19-4-8-20(28)9-5-19)27-25(17)26(31)24(33-27)13-18-6-10-21(11-7-18)29(2)3/h4-13H,14-16H2,1-3H3/b24-13-. The van der Waals surface area contributed by atoms with E-state index in [4.69, 9.17) is 9.47 Å². The van der Waals surface area contributed by atoms with E-state index in [0.717, 1.165) is 33.7 Å². The highest BCUT2D eigenvalue weighted by Gasteiger charge is 2.35. The summed E-state index contributed by atoms with van der Waals surface area (Å²) < 4.78 is 25.4. The molecule has 0 saturated carbocycles. The highest BCUT2D eigenvalue weighted by Crippen LogP contribution is 2.44. The van der Waals surface area contributed by atoms with E-state index in [1.165, 1.54) is 12.1 Å². The Balaban J connectivity index is 1.42. The van der Waals surface area contributed by atoms with Crippen LogP contribution < -0.4 is 14.4 Å². The first-order valence-electron chi connectivity index (χ1n) is 10.9. The molecule has 2 aliphatic rings. The molecule has 5 rings (SSSR count). The summed E-state index contributed by atoms with van der Waals surface area (Å²) in [5, 5.41) is 0. The average Bonchev–Trinajstić information content (AvgIpc) is 3.13. The van der Waals surface area contributed by atoms with E-state index >= 15 is 0 Å². The summed E-state index contributed by atoms with van der Waals surface area (Å²) in [6.45, 7) is 3.51. The molecule has 3 aromatic carbocycles. The molecule has 0 saturated heterocycles. The fourth-order valence-electron chi connectivity index (χ4n) is 4.25. The van der Waals surface area contributed by atoms with Crippen LogP contribution in [0.15, 0.2) is 60.4 Å². The lowest BCUT2D eigenvalue weighted by Gasteiger charge is -2.30. The Kier molecular flexibility index (Phi) is 5.38. The quantitative estimate of drug-likeness (QED) is 0.520. The van der Waals surface area contributed by atoms with E-state index in [-0.39, 0.29) is 11.6 Å². The van der Waals surface area contributed by atoms with Gasteiger partial charge in [-0.2, -0.15) is 0 Å². The van der Waals surface area contributed by atoms with E-state index in [1.54, 1.807) is 18.2 Å². The molecule has 0 atom stereocenters. The summed E-state index contributed by atoms with van der Waals surface area (Å²) in [5.41, 5.74) is 5.28. The number of carbonyl (C=O) groups excluding carboxylic acids is 1. The largest absolute Gasteiger partial charge is 0.478 e. The minimum atomic E-state index is -0.255. The van der Waals surface area contributed by atoms with Gasteiger partial charge in [0.1, 0.15) is 24.0 Å². The van der Waals surface area contributed by atoms with Crippen molar-refractivity contribution in [3.8, 4) is 11.5 Å². The zero-order valence-electron chi connectivity index (χ0n) is 18.9. The molecule has 0 bridgehead atoms. The van der Waals surface area contributed by atoms with Crippen LogP contribution in [-0.2, 0) is 13.1 Å². The predicted molar refractivity (Wildman–Crippen MR) is 126 cm³/mol. The molecule has 0 unspecified atom stereocenters. The topological polar surface area (TPSA) is 42.0 Å². The summed E-state index contributed by atoms with van der Waals surface area (Å²) in [6, 6.07) is 16.3. The van der Waals surface area contributed by atoms with Gasteiger partial charge in [-0.25, -0.2) is 4.39 Å². The van der Waals surface area contributed by atoms with Gasteiger partial charge in [-0.3, -0.25) is 9.69 Å². The number of anilines is 1. The van der Waals surface area contributed by atoms with Gasteiger partial charge in [-0.15, -0.1) is 0 Å². The van der Waals surface area contributed by atoms with Crippen molar-refractivity contribution in [3.05, 3.63) is 94.0 Å². The van der Waals surface area contributed by atoms with Crippen LogP contribution in [0, 0.1) is 12.7 Å². The lowest BCUT2D eigenvalue weighted by atomic mass is 9.98. The number of aryl methyl sites for hydroxylation is 1. The SMILES string of the molecule is Cc1cc2c(c3c1C(=O)/C(=C/c1ccc(N(C)C)cc1)O3)CN(Cc1ccc(F)cc1)CO2. The van der Waals surface area contributed by atoms with Crippen molar-refractivity contribution in [3.63, 3.8) is 0 Å². The van der Waals surface area contributed by atoms with Crippen molar-refractivity contribution < 1.29 is 18.7 Å². The number of carbonyl (C=O) groups is 1. The van der Waals surface area contributed by atoms with Crippen LogP contribution in [0.4, 0.5) is 10.1 Å². The van der Waals surface area contributed by atoms with Crippen molar-refractivity contribution in [2.24, 2.45) is 0 Å². The number of hydrogen-bond acceptors (Lipinski definition) is 5. The van der Waals surface area contributed by atoms with Gasteiger partial charge >= 0.3 is 0 Å². The first kappa shape index (κ1) is 21.2. The van der Waals surface area contributed by atoms with E-state index in [1.807, 2.05) is 56.3 Å². The summed E-state index contributed by atoms with van der Waals surface area (Å²) in [6.07, 6.45) is 1.79. The lowest BCUT2D eigenvalue weighted by molar-refractivity contribution is 0.0872. The molecule has 0 aliphatic carbocycles. The number of allylic oxidation sites excluding steroid dienone is 1. The molecule has 5 nitrogen and oxygen atoms in total. The van der Waals surface area contributed by atoms with Gasteiger partial charge in [0.2, 0.25) is 5.78 Å². The number of nitrogens with zero attached hydrogens (tertiary/aromatic N) is 2. The van der Waals surface area contributed by atoms with E-state index in [0.29, 0.717) is 36.9 Å². The molecule has 0 radical (unpaired) electrons. The first-order chi connectivity index (χ1) is 15.9. The minimum Gasteiger partial charge on any atom is -0.478 e. The van der Waals surface area contributed by atoms with Gasteiger partial charge in [0, 0.05) is 32.9 Å². The number of benzene rings is 3. The average molecular weight is 445 g/mol. The number of fused-ring (bicyclic) bond motifs is 3. The van der Waals surface area contributed by atoms with E-state index in [2.05, 4.69) is 4.90 Å². The van der Waals surface area contributed by atoms with Crippen molar-refractivity contribution in [1.29, 1.82) is 0 Å². The molecule has 168 valence electrons. The van der Waals surface area contributed by atoms with Crippen LogP contribution >= 0.6 is 0 Å². The van der Waals surface area contributed by atoms with E-state index < -0.39 is 0 Å². The van der Waals surface area contributed by atoms with Crippen molar-refractivity contribution >= 4 is 17.5 Å². The summed E-state index contributed by atoms with van der Waals surface area (Å²) in [4.78, 5) is 17.3. The highest BCUT2D eigenvalue weighted by molar-refractivity contribution is 6.15. The fraction of sp³-hybridized carbons (Fsp3) is 0.222. The molecule has 0 fully saturated rings. The van der Waals surface area contributed by atoms with Crippen LogP contribution in [0.5, 0.6) is 11.5 Å². The Bertz CT molecular complexity index is 1250. The zero-order valence-corrected chi connectivity index (χ0v) is 18.9. The molecule has 33 heavy (non-hydrogen) atoms. The minimum absolute atomic E-state index is 0.113. The van der Waals surface area contributed by atoms with E-state index in [9.17, 15) is 9.18 Å². The van der Waals surface area contributed by atoms with Crippen LogP contribution in [0.1, 0.15) is 32.6 Å². The third-order valence-electron chi connectivity index (χ3n) is 6.01. The Morgan fingerprint density at radius 2 is 1.82 bits per heavy atom. The first-order valence-corrected chi connectivity index (χ1v) is 10.9. The van der Waals surface area contributed by atoms with Crippen LogP contribution in [-0.4, -0.2) is 31.5 Å². The number of rotatable bonds is 4. The van der Waals surface area contributed by atoms with Crippen LogP contribution in [0.3, 0.4) is 0 Å². The molecule has 0 N–H and O–H groups in total. The maximum absolute atomic E-state index is 13.2. The van der Waals surface area contributed by atoms with Gasteiger partial charge in [0.05, 0.1) is 11.1 Å². The fourth-order valence-corrected chi connectivity index (χ4v) is 4.25. The Morgan fingerprint density at radius 3 is 2.52 bits per heavy atom. The Morgan fingerprint density at radius 1 is 1.09 bits per heavy atom. The van der Waals surface area contributed by atoms with Gasteiger partial charge < -0.3 is 14.4 Å². The molecule has 0 amide bonds. The maximum Gasteiger partial charge on any atom is 0.232 e. The molecule has 2 heterocycles. The smallest absolute Gasteiger partial charge is 0.232 e. The second-order valence-corrected chi connectivity index (χ2v) is 8.69.